The van der Waals surface area contributed by atoms with E-state index in [2.05, 4.69) is 10.4 Å². The van der Waals surface area contributed by atoms with Crippen molar-refractivity contribution in [1.82, 2.24) is 15.1 Å². The van der Waals surface area contributed by atoms with Crippen LogP contribution in [0.15, 0.2) is 6.20 Å². The van der Waals surface area contributed by atoms with Gasteiger partial charge in [-0.15, -0.1) is 0 Å². The van der Waals surface area contributed by atoms with E-state index < -0.39 is 0 Å². The first-order valence-electron chi connectivity index (χ1n) is 5.93. The molecule has 6 nitrogen and oxygen atoms in total. The van der Waals surface area contributed by atoms with Crippen LogP contribution >= 0.6 is 0 Å². The third-order valence-electron chi connectivity index (χ3n) is 2.84. The number of nitrogens with two attached hydrogens (primary N) is 1. The number of nitrogen functional groups attached to an aromatic ring is 1. The first-order valence-corrected chi connectivity index (χ1v) is 5.93. The number of carbonyl (C=O) groups is 1. The minimum absolute atomic E-state index is 0.133. The van der Waals surface area contributed by atoms with Crippen LogP contribution in [0.1, 0.15) is 30.3 Å². The Morgan fingerprint density at radius 1 is 1.76 bits per heavy atom. The number of nitrogens with one attached hydrogen (secondary N) is 1. The molecule has 0 spiro atoms. The van der Waals surface area contributed by atoms with Crippen LogP contribution in [-0.4, -0.2) is 34.9 Å². The molecule has 0 aliphatic carbocycles. The minimum atomic E-state index is -0.231. The van der Waals surface area contributed by atoms with Crippen molar-refractivity contribution >= 4 is 11.6 Å². The zero-order valence-electron chi connectivity index (χ0n) is 9.98. The van der Waals surface area contributed by atoms with Gasteiger partial charge < -0.3 is 15.8 Å². The molecule has 1 aromatic rings. The van der Waals surface area contributed by atoms with Crippen LogP contribution in [0, 0.1) is 0 Å². The average molecular weight is 238 g/mol. The highest BCUT2D eigenvalue weighted by Crippen LogP contribution is 2.12. The number of ether oxygens (including phenoxy) is 1. The second-order valence-corrected chi connectivity index (χ2v) is 4.13. The fourth-order valence-electron chi connectivity index (χ4n) is 1.87. The number of rotatable bonds is 4. The second kappa shape index (κ2) is 5.18. The Bertz CT molecular complexity index is 396. The molecule has 0 saturated carbocycles. The molecule has 0 unspecified atom stereocenters. The molecule has 2 rings (SSSR count). The lowest BCUT2D eigenvalue weighted by molar-refractivity contribution is 0.0853. The van der Waals surface area contributed by atoms with E-state index in [4.69, 9.17) is 10.5 Å². The van der Waals surface area contributed by atoms with Crippen LogP contribution in [0.2, 0.25) is 0 Å². The van der Waals surface area contributed by atoms with Crippen molar-refractivity contribution in [1.29, 1.82) is 0 Å². The van der Waals surface area contributed by atoms with Gasteiger partial charge in [0.2, 0.25) is 0 Å². The second-order valence-electron chi connectivity index (χ2n) is 4.13. The fraction of sp³-hybridized carbons (Fsp3) is 0.636. The van der Waals surface area contributed by atoms with Crippen molar-refractivity contribution in [2.45, 2.75) is 32.4 Å². The normalized spacial score (nSPS) is 19.5. The van der Waals surface area contributed by atoms with Gasteiger partial charge in [-0.2, -0.15) is 5.10 Å². The van der Waals surface area contributed by atoms with E-state index in [1.54, 1.807) is 10.9 Å². The third kappa shape index (κ3) is 2.76. The summed E-state index contributed by atoms with van der Waals surface area (Å²) in [5.41, 5.74) is 6.44. The van der Waals surface area contributed by atoms with Crippen LogP contribution < -0.4 is 11.1 Å². The first-order chi connectivity index (χ1) is 8.20. The van der Waals surface area contributed by atoms with Gasteiger partial charge in [-0.1, -0.05) is 0 Å². The molecule has 1 aliphatic rings. The summed E-state index contributed by atoms with van der Waals surface area (Å²) in [6.45, 7) is 3.95. The third-order valence-corrected chi connectivity index (χ3v) is 2.84. The summed E-state index contributed by atoms with van der Waals surface area (Å²) >= 11 is 0. The number of aromatic nitrogens is 2. The molecule has 0 bridgehead atoms. The highest BCUT2D eigenvalue weighted by atomic mass is 16.5. The van der Waals surface area contributed by atoms with E-state index in [1.165, 1.54) is 0 Å². The lowest BCUT2D eigenvalue weighted by atomic mass is 10.2. The lowest BCUT2D eigenvalue weighted by Gasteiger charge is -2.09. The molecule has 0 aromatic carbocycles. The zero-order valence-corrected chi connectivity index (χ0v) is 9.98. The summed E-state index contributed by atoms with van der Waals surface area (Å²) in [4.78, 5) is 11.8. The molecule has 6 heteroatoms. The summed E-state index contributed by atoms with van der Waals surface area (Å²) in [6, 6.07) is 0. The van der Waals surface area contributed by atoms with Gasteiger partial charge in [-0.25, -0.2) is 0 Å². The molecular formula is C11H18N4O2. The number of anilines is 1. The molecule has 1 amide bonds. The Morgan fingerprint density at radius 2 is 2.59 bits per heavy atom. The highest BCUT2D eigenvalue weighted by Gasteiger charge is 2.19. The van der Waals surface area contributed by atoms with Gasteiger partial charge in [0.25, 0.3) is 5.91 Å². The van der Waals surface area contributed by atoms with Crippen LogP contribution in [0.5, 0.6) is 0 Å². The van der Waals surface area contributed by atoms with E-state index in [1.807, 2.05) is 6.92 Å². The molecule has 3 N–H and O–H groups in total. The van der Waals surface area contributed by atoms with Crippen molar-refractivity contribution in [2.75, 3.05) is 18.9 Å². The maximum Gasteiger partial charge on any atom is 0.274 e. The van der Waals surface area contributed by atoms with Gasteiger partial charge in [0.1, 0.15) is 0 Å². The lowest BCUT2D eigenvalue weighted by Crippen LogP contribution is -2.32. The number of hydrogen-bond donors (Lipinski definition) is 2. The smallest absolute Gasteiger partial charge is 0.274 e. The molecule has 1 saturated heterocycles. The maximum atomic E-state index is 11.8. The van der Waals surface area contributed by atoms with Gasteiger partial charge in [-0.3, -0.25) is 9.48 Å². The summed E-state index contributed by atoms with van der Waals surface area (Å²) in [5.74, 6) is -0.231. The minimum Gasteiger partial charge on any atom is -0.396 e. The van der Waals surface area contributed by atoms with Crippen molar-refractivity contribution in [3.8, 4) is 0 Å². The first kappa shape index (κ1) is 11.9. The monoisotopic (exact) mass is 238 g/mol. The highest BCUT2D eigenvalue weighted by molar-refractivity contribution is 5.96. The van der Waals surface area contributed by atoms with Crippen LogP contribution in [0.3, 0.4) is 0 Å². The number of aryl methyl sites for hydroxylation is 1. The summed E-state index contributed by atoms with van der Waals surface area (Å²) in [7, 11) is 0. The Labute approximate surface area is 100 Å². The van der Waals surface area contributed by atoms with Gasteiger partial charge in [0.15, 0.2) is 5.69 Å². The Kier molecular flexibility index (Phi) is 3.63. The molecule has 1 atom stereocenters. The van der Waals surface area contributed by atoms with Gasteiger partial charge >= 0.3 is 0 Å². The molecule has 17 heavy (non-hydrogen) atoms. The standard InChI is InChI=1S/C11H18N4O2/c1-2-15-7-9(12)10(14-15)11(16)13-6-8-4-3-5-17-8/h7-8H,2-6,12H2,1H3,(H,13,16)/t8-/m1/s1. The Balaban J connectivity index is 1.91. The van der Waals surface area contributed by atoms with E-state index in [0.717, 1.165) is 19.4 Å². The maximum absolute atomic E-state index is 11.8. The molecular weight excluding hydrogens is 220 g/mol. The van der Waals surface area contributed by atoms with Crippen LogP contribution in [0.4, 0.5) is 5.69 Å². The molecule has 1 aliphatic heterocycles. The SMILES string of the molecule is CCn1cc(N)c(C(=O)NC[C@H]2CCCO2)n1. The number of nitrogens with zero attached hydrogens (tertiary/aromatic N) is 2. The number of carbonyl (C=O) groups excluding carboxylic acids is 1. The Morgan fingerprint density at radius 3 is 3.18 bits per heavy atom. The largest absolute Gasteiger partial charge is 0.396 e. The number of amides is 1. The summed E-state index contributed by atoms with van der Waals surface area (Å²) < 4.78 is 7.07. The topological polar surface area (TPSA) is 82.2 Å². The average Bonchev–Trinajstić information content (AvgIpc) is 2.94. The van der Waals surface area contributed by atoms with Gasteiger partial charge in [0, 0.05) is 25.9 Å². The fourth-order valence-corrected chi connectivity index (χ4v) is 1.87. The van der Waals surface area contributed by atoms with Crippen LogP contribution in [-0.2, 0) is 11.3 Å². The zero-order chi connectivity index (χ0) is 12.3. The summed E-state index contributed by atoms with van der Waals surface area (Å²) in [5, 5.41) is 6.91. The van der Waals surface area contributed by atoms with E-state index in [0.29, 0.717) is 24.5 Å². The van der Waals surface area contributed by atoms with E-state index in [-0.39, 0.29) is 12.0 Å². The molecule has 0 radical (unpaired) electrons. The number of hydrogen-bond acceptors (Lipinski definition) is 4. The molecule has 1 aromatic heterocycles. The Hall–Kier alpha value is -1.56. The van der Waals surface area contributed by atoms with Gasteiger partial charge in [0.05, 0.1) is 11.8 Å². The predicted octanol–water partition coefficient (Wildman–Crippen LogP) is 0.394. The quantitative estimate of drug-likeness (QED) is 0.795. The molecule has 94 valence electrons. The van der Waals surface area contributed by atoms with Crippen molar-refractivity contribution in [2.24, 2.45) is 0 Å². The van der Waals surface area contributed by atoms with Crippen molar-refractivity contribution in [3.63, 3.8) is 0 Å². The van der Waals surface area contributed by atoms with E-state index >= 15 is 0 Å². The molecule has 2 heterocycles. The van der Waals surface area contributed by atoms with Crippen molar-refractivity contribution < 1.29 is 9.53 Å². The van der Waals surface area contributed by atoms with Gasteiger partial charge in [-0.05, 0) is 19.8 Å². The van der Waals surface area contributed by atoms with E-state index in [9.17, 15) is 4.79 Å². The van der Waals surface area contributed by atoms with Crippen LogP contribution in [0.25, 0.3) is 0 Å². The summed E-state index contributed by atoms with van der Waals surface area (Å²) in [6.07, 6.45) is 3.86. The molecule has 1 fully saturated rings. The van der Waals surface area contributed by atoms with Crippen molar-refractivity contribution in [3.05, 3.63) is 11.9 Å². The predicted molar refractivity (Wildman–Crippen MR) is 63.6 cm³/mol.